The number of ether oxygens (including phenoxy) is 1. The quantitative estimate of drug-likeness (QED) is 0.567. The first-order valence-electron chi connectivity index (χ1n) is 5.03. The van der Waals surface area contributed by atoms with Crippen LogP contribution >= 0.6 is 0 Å². The average Bonchev–Trinajstić information content (AvgIpc) is 2.16. The van der Waals surface area contributed by atoms with E-state index in [4.69, 9.17) is 10.5 Å². The van der Waals surface area contributed by atoms with Gasteiger partial charge in [-0.3, -0.25) is 10.2 Å². The Hall–Kier alpha value is -1.75. The number of hydrazine groups is 1. The first-order valence-corrected chi connectivity index (χ1v) is 5.03. The first kappa shape index (κ1) is 12.3. The van der Waals surface area contributed by atoms with E-state index in [1.165, 1.54) is 0 Å². The Morgan fingerprint density at radius 3 is 2.88 bits per heavy atom. The lowest BCUT2D eigenvalue weighted by Crippen LogP contribution is -2.36. The predicted octanol–water partition coefficient (Wildman–Crippen LogP) is 0.630. The second kappa shape index (κ2) is 5.97. The van der Waals surface area contributed by atoms with Crippen LogP contribution in [0.1, 0.15) is 6.42 Å². The minimum absolute atomic E-state index is 0.0751. The molecule has 1 aromatic carbocycles. The lowest BCUT2D eigenvalue weighted by Gasteiger charge is -2.12. The first-order chi connectivity index (χ1) is 7.58. The van der Waals surface area contributed by atoms with Crippen LogP contribution in [0.4, 0.5) is 5.69 Å². The molecule has 5 nitrogen and oxygen atoms in total. The molecule has 0 fully saturated rings. The molecule has 0 unspecified atom stereocenters. The molecule has 1 aromatic rings. The molecule has 0 aromatic heterocycles. The van der Waals surface area contributed by atoms with Crippen LogP contribution in [-0.2, 0) is 4.79 Å². The third-order valence-corrected chi connectivity index (χ3v) is 1.80. The number of carbonyl (C=O) groups excluding carboxylic acids is 1. The average molecular weight is 223 g/mol. The van der Waals surface area contributed by atoms with E-state index in [9.17, 15) is 4.79 Å². The van der Waals surface area contributed by atoms with Gasteiger partial charge in [-0.1, -0.05) is 6.07 Å². The SMILES string of the molecule is CN(C)NC(=O)CCOc1cccc(N)c1. The van der Waals surface area contributed by atoms with Crippen LogP contribution < -0.4 is 15.9 Å². The van der Waals surface area contributed by atoms with Gasteiger partial charge in [0.15, 0.2) is 0 Å². The summed E-state index contributed by atoms with van der Waals surface area (Å²) in [6, 6.07) is 7.13. The van der Waals surface area contributed by atoms with Crippen molar-refractivity contribution < 1.29 is 9.53 Å². The van der Waals surface area contributed by atoms with Crippen molar-refractivity contribution in [3.8, 4) is 5.75 Å². The highest BCUT2D eigenvalue weighted by Gasteiger charge is 2.02. The summed E-state index contributed by atoms with van der Waals surface area (Å²) >= 11 is 0. The van der Waals surface area contributed by atoms with Gasteiger partial charge >= 0.3 is 0 Å². The highest BCUT2D eigenvalue weighted by molar-refractivity contribution is 5.75. The van der Waals surface area contributed by atoms with Crippen molar-refractivity contribution in [3.63, 3.8) is 0 Å². The van der Waals surface area contributed by atoms with Crippen molar-refractivity contribution in [2.24, 2.45) is 0 Å². The van der Waals surface area contributed by atoms with E-state index in [1.54, 1.807) is 37.3 Å². The molecule has 0 bridgehead atoms. The molecule has 0 aliphatic carbocycles. The summed E-state index contributed by atoms with van der Waals surface area (Å²) in [5.41, 5.74) is 8.87. The lowest BCUT2D eigenvalue weighted by atomic mass is 10.3. The Balaban J connectivity index is 2.28. The molecular weight excluding hydrogens is 206 g/mol. The van der Waals surface area contributed by atoms with Crippen LogP contribution in [0.2, 0.25) is 0 Å². The molecule has 0 heterocycles. The predicted molar refractivity (Wildman–Crippen MR) is 62.8 cm³/mol. The summed E-state index contributed by atoms with van der Waals surface area (Å²) in [4.78, 5) is 11.3. The van der Waals surface area contributed by atoms with Crippen LogP contribution in [-0.4, -0.2) is 31.6 Å². The van der Waals surface area contributed by atoms with Gasteiger partial charge in [0.05, 0.1) is 13.0 Å². The Labute approximate surface area is 95.2 Å². The van der Waals surface area contributed by atoms with E-state index in [0.29, 0.717) is 24.5 Å². The molecule has 3 N–H and O–H groups in total. The fourth-order valence-electron chi connectivity index (χ4n) is 1.17. The largest absolute Gasteiger partial charge is 0.493 e. The van der Waals surface area contributed by atoms with Crippen LogP contribution in [0, 0.1) is 0 Å². The molecule has 0 saturated carbocycles. The minimum atomic E-state index is -0.0751. The van der Waals surface area contributed by atoms with Crippen LogP contribution in [0.15, 0.2) is 24.3 Å². The van der Waals surface area contributed by atoms with Gasteiger partial charge in [-0.15, -0.1) is 0 Å². The molecule has 16 heavy (non-hydrogen) atoms. The highest BCUT2D eigenvalue weighted by atomic mass is 16.5. The maximum Gasteiger partial charge on any atom is 0.237 e. The van der Waals surface area contributed by atoms with Crippen molar-refractivity contribution in [1.29, 1.82) is 0 Å². The summed E-state index contributed by atoms with van der Waals surface area (Å²) in [6.45, 7) is 0.336. The summed E-state index contributed by atoms with van der Waals surface area (Å²) in [5, 5.41) is 1.60. The van der Waals surface area contributed by atoms with Crippen molar-refractivity contribution in [2.75, 3.05) is 26.4 Å². The summed E-state index contributed by atoms with van der Waals surface area (Å²) in [5.74, 6) is 0.603. The van der Waals surface area contributed by atoms with Crippen LogP contribution in [0.5, 0.6) is 5.75 Å². The third-order valence-electron chi connectivity index (χ3n) is 1.80. The number of nitrogens with one attached hydrogen (secondary N) is 1. The van der Waals surface area contributed by atoms with E-state index in [2.05, 4.69) is 5.43 Å². The molecule has 0 saturated heterocycles. The Bertz CT molecular complexity index is 353. The van der Waals surface area contributed by atoms with Gasteiger partial charge in [-0.2, -0.15) is 0 Å². The van der Waals surface area contributed by atoms with Gasteiger partial charge in [0.2, 0.25) is 5.91 Å². The maximum atomic E-state index is 11.3. The van der Waals surface area contributed by atoms with E-state index >= 15 is 0 Å². The van der Waals surface area contributed by atoms with Gasteiger partial charge in [-0.25, -0.2) is 5.01 Å². The number of hydrogen-bond acceptors (Lipinski definition) is 4. The molecule has 0 spiro atoms. The number of nitrogen functional groups attached to an aromatic ring is 1. The normalized spacial score (nSPS) is 10.2. The van der Waals surface area contributed by atoms with Crippen molar-refractivity contribution in [2.45, 2.75) is 6.42 Å². The van der Waals surface area contributed by atoms with Gasteiger partial charge < -0.3 is 10.5 Å². The van der Waals surface area contributed by atoms with E-state index in [0.717, 1.165) is 0 Å². The summed E-state index contributed by atoms with van der Waals surface area (Å²) < 4.78 is 5.38. The monoisotopic (exact) mass is 223 g/mol. The zero-order chi connectivity index (χ0) is 12.0. The Morgan fingerprint density at radius 2 is 2.25 bits per heavy atom. The van der Waals surface area contributed by atoms with E-state index < -0.39 is 0 Å². The zero-order valence-electron chi connectivity index (χ0n) is 9.56. The lowest BCUT2D eigenvalue weighted by molar-refractivity contribution is -0.125. The van der Waals surface area contributed by atoms with E-state index in [1.807, 2.05) is 6.07 Å². The van der Waals surface area contributed by atoms with Gasteiger partial charge in [-0.05, 0) is 12.1 Å². The minimum Gasteiger partial charge on any atom is -0.493 e. The number of benzene rings is 1. The number of hydrogen-bond donors (Lipinski definition) is 2. The standard InChI is InChI=1S/C11H17N3O2/c1-14(2)13-11(15)6-7-16-10-5-3-4-9(12)8-10/h3-5,8H,6-7,12H2,1-2H3,(H,13,15). The van der Waals surface area contributed by atoms with Crippen molar-refractivity contribution in [1.82, 2.24) is 10.4 Å². The number of rotatable bonds is 5. The zero-order valence-corrected chi connectivity index (χ0v) is 9.56. The molecule has 0 aliphatic heterocycles. The topological polar surface area (TPSA) is 67.6 Å². The van der Waals surface area contributed by atoms with Gasteiger partial charge in [0.1, 0.15) is 5.75 Å². The van der Waals surface area contributed by atoms with Gasteiger partial charge in [0, 0.05) is 25.8 Å². The second-order valence-electron chi connectivity index (χ2n) is 3.60. The van der Waals surface area contributed by atoms with Crippen LogP contribution in [0.3, 0.4) is 0 Å². The summed E-state index contributed by atoms with van der Waals surface area (Å²) in [7, 11) is 3.52. The van der Waals surface area contributed by atoms with Crippen molar-refractivity contribution >= 4 is 11.6 Å². The molecule has 0 radical (unpaired) electrons. The Kier molecular flexibility index (Phi) is 4.60. The number of amides is 1. The molecule has 88 valence electrons. The third kappa shape index (κ3) is 4.65. The molecular formula is C11H17N3O2. The number of nitrogens with two attached hydrogens (primary N) is 1. The van der Waals surface area contributed by atoms with Gasteiger partial charge in [0.25, 0.3) is 0 Å². The molecule has 1 amide bonds. The smallest absolute Gasteiger partial charge is 0.237 e. The van der Waals surface area contributed by atoms with Crippen molar-refractivity contribution in [3.05, 3.63) is 24.3 Å². The van der Waals surface area contributed by atoms with Crippen LogP contribution in [0.25, 0.3) is 0 Å². The number of nitrogens with zero attached hydrogens (tertiary/aromatic N) is 1. The molecule has 0 atom stereocenters. The second-order valence-corrected chi connectivity index (χ2v) is 3.60. The molecule has 1 rings (SSSR count). The van der Waals surface area contributed by atoms with E-state index in [-0.39, 0.29) is 5.91 Å². The molecule has 0 aliphatic rings. The maximum absolute atomic E-state index is 11.3. The summed E-state index contributed by atoms with van der Waals surface area (Å²) in [6.07, 6.45) is 0.312. The Morgan fingerprint density at radius 1 is 1.50 bits per heavy atom. The number of carbonyl (C=O) groups is 1. The fraction of sp³-hybridized carbons (Fsp3) is 0.364. The fourth-order valence-corrected chi connectivity index (χ4v) is 1.17. The molecule has 5 heteroatoms. The number of anilines is 1. The highest BCUT2D eigenvalue weighted by Crippen LogP contribution is 2.14.